The average Bonchev–Trinajstić information content (AvgIpc) is 3.19. The van der Waals surface area contributed by atoms with Gasteiger partial charge in [-0.2, -0.15) is 5.06 Å². The van der Waals surface area contributed by atoms with E-state index in [0.717, 1.165) is 6.42 Å². The first-order valence-electron chi connectivity index (χ1n) is 10.2. The Kier molecular flexibility index (Phi) is 7.72. The third kappa shape index (κ3) is 6.48. The molecule has 1 heterocycles. The number of ether oxygens (including phenoxy) is 1. The molecule has 0 spiro atoms. The van der Waals surface area contributed by atoms with Crippen LogP contribution in [0.25, 0.3) is 0 Å². The van der Waals surface area contributed by atoms with Crippen LogP contribution in [0.1, 0.15) is 31.2 Å². The van der Waals surface area contributed by atoms with Crippen LogP contribution in [0, 0.1) is 11.8 Å². The molecule has 0 aromatic heterocycles. The van der Waals surface area contributed by atoms with Gasteiger partial charge in [-0.25, -0.2) is 4.79 Å². The van der Waals surface area contributed by atoms with Gasteiger partial charge in [-0.05, 0) is 23.8 Å². The molecule has 1 aliphatic heterocycles. The summed E-state index contributed by atoms with van der Waals surface area (Å²) < 4.78 is 5.02. The van der Waals surface area contributed by atoms with Crippen molar-refractivity contribution in [1.82, 2.24) is 10.4 Å². The van der Waals surface area contributed by atoms with Crippen molar-refractivity contribution >= 4 is 29.7 Å². The largest absolute Gasteiger partial charge is 0.481 e. The number of hydrogen-bond acceptors (Lipinski definition) is 7. The van der Waals surface area contributed by atoms with E-state index >= 15 is 0 Å². The lowest BCUT2D eigenvalue weighted by Gasteiger charge is -2.25. The first kappa shape index (κ1) is 23.1. The lowest BCUT2D eigenvalue weighted by Crippen LogP contribution is -2.46. The smallest absolute Gasteiger partial charge is 0.408 e. The molecule has 0 saturated carbocycles. The number of nitrogens with zero attached hydrogens (tertiary/aromatic N) is 1. The van der Waals surface area contributed by atoms with E-state index in [-0.39, 0.29) is 31.3 Å². The molecule has 3 amide bonds. The Hall–Kier alpha value is -3.53. The first-order valence-corrected chi connectivity index (χ1v) is 10.2. The Morgan fingerprint density at radius 3 is 2.28 bits per heavy atom. The Morgan fingerprint density at radius 2 is 1.69 bits per heavy atom. The first-order chi connectivity index (χ1) is 15.3. The molecule has 0 radical (unpaired) electrons. The zero-order valence-electron chi connectivity index (χ0n) is 17.3. The summed E-state index contributed by atoms with van der Waals surface area (Å²) in [7, 11) is 0. The van der Waals surface area contributed by atoms with Gasteiger partial charge >= 0.3 is 12.1 Å². The van der Waals surface area contributed by atoms with Crippen molar-refractivity contribution in [1.29, 1.82) is 0 Å². The van der Waals surface area contributed by atoms with Crippen LogP contribution in [0.5, 0.6) is 0 Å². The highest BCUT2D eigenvalue weighted by Gasteiger charge is 2.34. The summed E-state index contributed by atoms with van der Waals surface area (Å²) in [6, 6.07) is 7.35. The third-order valence-corrected chi connectivity index (χ3v) is 5.20. The van der Waals surface area contributed by atoms with Crippen LogP contribution in [-0.2, 0) is 35.4 Å². The molecule has 2 bridgehead atoms. The molecule has 1 fully saturated rings. The van der Waals surface area contributed by atoms with Gasteiger partial charge in [0.05, 0.1) is 6.42 Å². The van der Waals surface area contributed by atoms with Gasteiger partial charge in [0.25, 0.3) is 11.8 Å². The molecule has 2 aliphatic rings. The molecule has 1 aromatic rings. The van der Waals surface area contributed by atoms with E-state index in [2.05, 4.69) is 5.32 Å². The van der Waals surface area contributed by atoms with Crippen molar-refractivity contribution in [3.63, 3.8) is 0 Å². The fourth-order valence-electron chi connectivity index (χ4n) is 3.62. The lowest BCUT2D eigenvalue weighted by atomic mass is 9.95. The van der Waals surface area contributed by atoms with Crippen molar-refractivity contribution in [2.45, 2.75) is 38.3 Å². The number of carbonyl (C=O) groups excluding carboxylic acids is 4. The number of amides is 3. The Morgan fingerprint density at radius 1 is 1.06 bits per heavy atom. The standard InChI is InChI=1S/C22H24N2O8/c25-18(13-32-24-19(26)9-15-6-7-16(8-15)10-20(24)27)17(11-21(28)29)23-22(30)31-12-14-4-2-1-3-5-14/h1-7,15-17H,8-13H2,(H,23,30)(H,28,29). The highest BCUT2D eigenvalue weighted by molar-refractivity contribution is 5.95. The second-order valence-corrected chi connectivity index (χ2v) is 7.73. The molecule has 1 aromatic carbocycles. The van der Waals surface area contributed by atoms with E-state index in [4.69, 9.17) is 14.7 Å². The molecule has 3 unspecified atom stereocenters. The van der Waals surface area contributed by atoms with E-state index in [0.29, 0.717) is 10.6 Å². The molecule has 10 nitrogen and oxygen atoms in total. The number of allylic oxidation sites excluding steroid dienone is 2. The van der Waals surface area contributed by atoms with Crippen molar-refractivity contribution in [3.8, 4) is 0 Å². The minimum atomic E-state index is -1.45. The number of Topliss-reactive ketones (excluding diaryl/α,β-unsaturated/α-hetero) is 1. The normalized spacial score (nSPS) is 20.9. The zero-order valence-corrected chi connectivity index (χ0v) is 17.3. The van der Waals surface area contributed by atoms with Crippen LogP contribution in [0.3, 0.4) is 0 Å². The fourth-order valence-corrected chi connectivity index (χ4v) is 3.62. The molecule has 3 atom stereocenters. The molecular weight excluding hydrogens is 420 g/mol. The van der Waals surface area contributed by atoms with Crippen molar-refractivity contribution in [2.24, 2.45) is 11.8 Å². The van der Waals surface area contributed by atoms with Crippen molar-refractivity contribution in [3.05, 3.63) is 48.0 Å². The maximum Gasteiger partial charge on any atom is 0.408 e. The molecule has 170 valence electrons. The summed E-state index contributed by atoms with van der Waals surface area (Å²) in [5.74, 6) is -3.24. The summed E-state index contributed by atoms with van der Waals surface area (Å²) in [5, 5.41) is 11.9. The number of alkyl carbamates (subject to hydrolysis) is 1. The van der Waals surface area contributed by atoms with Gasteiger partial charge < -0.3 is 15.2 Å². The maximum absolute atomic E-state index is 12.5. The van der Waals surface area contributed by atoms with Gasteiger partial charge in [-0.15, -0.1) is 0 Å². The second kappa shape index (κ2) is 10.7. The number of ketones is 1. The number of nitrogens with one attached hydrogen (secondary N) is 1. The van der Waals surface area contributed by atoms with Gasteiger partial charge in [0.2, 0.25) is 0 Å². The number of rotatable bonds is 9. The topological polar surface area (TPSA) is 139 Å². The number of fused-ring (bicyclic) bond motifs is 2. The van der Waals surface area contributed by atoms with Crippen LogP contribution >= 0.6 is 0 Å². The van der Waals surface area contributed by atoms with Crippen LogP contribution in [-0.4, -0.2) is 52.5 Å². The molecule has 32 heavy (non-hydrogen) atoms. The van der Waals surface area contributed by atoms with Gasteiger partial charge in [-0.1, -0.05) is 42.5 Å². The molecule has 1 saturated heterocycles. The summed E-state index contributed by atoms with van der Waals surface area (Å²) in [5.41, 5.74) is 0.713. The molecule has 2 N–H and O–H groups in total. The minimum absolute atomic E-state index is 0.0169. The summed E-state index contributed by atoms with van der Waals surface area (Å²) in [6.45, 7) is -0.818. The monoisotopic (exact) mass is 444 g/mol. The van der Waals surface area contributed by atoms with Crippen molar-refractivity contribution < 1.29 is 38.7 Å². The maximum atomic E-state index is 12.5. The number of benzene rings is 1. The highest BCUT2D eigenvalue weighted by Crippen LogP contribution is 2.31. The predicted octanol–water partition coefficient (Wildman–Crippen LogP) is 1.60. The molecule has 3 rings (SSSR count). The predicted molar refractivity (Wildman–Crippen MR) is 109 cm³/mol. The summed E-state index contributed by atoms with van der Waals surface area (Å²) >= 11 is 0. The number of aliphatic carboxylic acids is 1. The molecule has 1 aliphatic carbocycles. The van der Waals surface area contributed by atoms with Crippen molar-refractivity contribution in [2.75, 3.05) is 6.61 Å². The Bertz CT molecular complexity index is 888. The van der Waals surface area contributed by atoms with Crippen LogP contribution in [0.4, 0.5) is 4.79 Å². The summed E-state index contributed by atoms with van der Waals surface area (Å²) in [6.07, 6.45) is 3.00. The van der Waals surface area contributed by atoms with Gasteiger partial charge in [-0.3, -0.25) is 24.0 Å². The van der Waals surface area contributed by atoms with E-state index in [1.165, 1.54) is 0 Å². The van der Waals surface area contributed by atoms with E-state index in [1.807, 2.05) is 12.2 Å². The number of imide groups is 1. The second-order valence-electron chi connectivity index (χ2n) is 7.73. The third-order valence-electron chi connectivity index (χ3n) is 5.20. The zero-order chi connectivity index (χ0) is 23.1. The average molecular weight is 444 g/mol. The Balaban J connectivity index is 1.55. The van der Waals surface area contributed by atoms with Gasteiger partial charge in [0.1, 0.15) is 19.3 Å². The van der Waals surface area contributed by atoms with E-state index in [9.17, 15) is 24.0 Å². The number of hydrogen-bond donors (Lipinski definition) is 2. The van der Waals surface area contributed by atoms with Crippen LogP contribution in [0.2, 0.25) is 0 Å². The molecule has 10 heteroatoms. The van der Waals surface area contributed by atoms with E-state index < -0.39 is 48.7 Å². The highest BCUT2D eigenvalue weighted by atomic mass is 16.7. The molecular formula is C22H24N2O8. The quantitative estimate of drug-likeness (QED) is 0.432. The fraction of sp³-hybridized carbons (Fsp3) is 0.409. The minimum Gasteiger partial charge on any atom is -0.481 e. The van der Waals surface area contributed by atoms with Crippen LogP contribution < -0.4 is 5.32 Å². The Labute approximate surface area is 184 Å². The van der Waals surface area contributed by atoms with E-state index in [1.54, 1.807) is 30.3 Å². The number of carboxylic acids is 1. The lowest BCUT2D eigenvalue weighted by molar-refractivity contribution is -0.197. The summed E-state index contributed by atoms with van der Waals surface area (Å²) in [4.78, 5) is 65.6. The van der Waals surface area contributed by atoms with Gasteiger partial charge in [0, 0.05) is 12.8 Å². The van der Waals surface area contributed by atoms with Crippen LogP contribution in [0.15, 0.2) is 42.5 Å². The van der Waals surface area contributed by atoms with Gasteiger partial charge in [0.15, 0.2) is 5.78 Å². The number of carbonyl (C=O) groups is 5. The number of hydroxylamine groups is 2. The SMILES string of the molecule is O=C(O)CC(NC(=O)OCc1ccccc1)C(=O)CON1C(=O)CC2C=CC(CC1=O)C2. The number of carboxylic acid groups (broad SMARTS) is 1.